The SMILES string of the molecule is CC[SiH](CC)C1=CC=CC1.[H-].[Li+]. The van der Waals surface area contributed by atoms with Crippen molar-refractivity contribution in [3.63, 3.8) is 0 Å². The third-order valence-corrected chi connectivity index (χ3v) is 5.76. The average molecular weight is 160 g/mol. The molecule has 1 rings (SSSR count). The molecule has 0 atom stereocenters. The van der Waals surface area contributed by atoms with Crippen molar-refractivity contribution in [2.75, 3.05) is 0 Å². The van der Waals surface area contributed by atoms with Crippen LogP contribution in [0.25, 0.3) is 0 Å². The quantitative estimate of drug-likeness (QED) is 0.501. The van der Waals surface area contributed by atoms with E-state index in [1.165, 1.54) is 18.5 Å². The first kappa shape index (κ1) is 11.3. The Morgan fingerprint density at radius 3 is 2.45 bits per heavy atom. The first-order chi connectivity index (χ1) is 4.88. The Morgan fingerprint density at radius 1 is 1.45 bits per heavy atom. The summed E-state index contributed by atoms with van der Waals surface area (Å²) in [4.78, 5) is 0. The van der Waals surface area contributed by atoms with Crippen LogP contribution in [0.15, 0.2) is 23.4 Å². The molecule has 0 bridgehead atoms. The van der Waals surface area contributed by atoms with Gasteiger partial charge in [0, 0.05) is 0 Å². The third kappa shape index (κ3) is 3.03. The van der Waals surface area contributed by atoms with Crippen molar-refractivity contribution in [1.29, 1.82) is 0 Å². The molecule has 1 aliphatic carbocycles. The number of allylic oxidation sites excluding steroid dienone is 4. The molecule has 0 saturated heterocycles. The number of hydrogen-bond donors (Lipinski definition) is 0. The van der Waals surface area contributed by atoms with Crippen molar-refractivity contribution in [2.45, 2.75) is 32.4 Å². The molecular formula is C9H17LiSi. The van der Waals surface area contributed by atoms with Crippen LogP contribution in [0.2, 0.25) is 12.1 Å². The van der Waals surface area contributed by atoms with Gasteiger partial charge in [0.25, 0.3) is 0 Å². The minimum absolute atomic E-state index is 0. The summed E-state index contributed by atoms with van der Waals surface area (Å²) in [6.07, 6.45) is 8.09. The van der Waals surface area contributed by atoms with E-state index in [1.807, 2.05) is 0 Å². The molecule has 0 radical (unpaired) electrons. The van der Waals surface area contributed by atoms with Gasteiger partial charge in [-0.1, -0.05) is 49.4 Å². The van der Waals surface area contributed by atoms with E-state index in [4.69, 9.17) is 0 Å². The van der Waals surface area contributed by atoms with Crippen molar-refractivity contribution in [2.24, 2.45) is 0 Å². The van der Waals surface area contributed by atoms with Gasteiger partial charge in [0.05, 0.1) is 8.80 Å². The zero-order valence-corrected chi connectivity index (χ0v) is 9.09. The Labute approximate surface area is 85.0 Å². The predicted molar refractivity (Wildman–Crippen MR) is 51.1 cm³/mol. The van der Waals surface area contributed by atoms with Gasteiger partial charge in [-0.2, -0.15) is 0 Å². The van der Waals surface area contributed by atoms with E-state index in [1.54, 1.807) is 5.20 Å². The van der Waals surface area contributed by atoms with Crippen LogP contribution in [0.3, 0.4) is 0 Å². The maximum Gasteiger partial charge on any atom is 1.00 e. The molecule has 0 spiro atoms. The van der Waals surface area contributed by atoms with Crippen LogP contribution in [0, 0.1) is 0 Å². The average Bonchev–Trinajstić information content (AvgIpc) is 2.43. The van der Waals surface area contributed by atoms with Gasteiger partial charge >= 0.3 is 18.9 Å². The fraction of sp³-hybridized carbons (Fsp3) is 0.556. The van der Waals surface area contributed by atoms with Crippen molar-refractivity contribution in [3.05, 3.63) is 23.4 Å². The first-order valence-corrected chi connectivity index (χ1v) is 6.45. The van der Waals surface area contributed by atoms with Crippen molar-refractivity contribution >= 4 is 8.80 Å². The Bertz CT molecular complexity index is 162. The molecular weight excluding hydrogens is 143 g/mol. The van der Waals surface area contributed by atoms with Crippen LogP contribution < -0.4 is 18.9 Å². The summed E-state index contributed by atoms with van der Waals surface area (Å²) in [6, 6.07) is 2.87. The van der Waals surface area contributed by atoms with Crippen LogP contribution in [-0.4, -0.2) is 8.80 Å². The van der Waals surface area contributed by atoms with Gasteiger partial charge in [0.1, 0.15) is 0 Å². The van der Waals surface area contributed by atoms with Gasteiger partial charge in [0.2, 0.25) is 0 Å². The van der Waals surface area contributed by atoms with Crippen LogP contribution in [0.1, 0.15) is 21.7 Å². The fourth-order valence-electron chi connectivity index (χ4n) is 1.58. The molecule has 11 heavy (non-hydrogen) atoms. The standard InChI is InChI=1S/C9H16Si.Li.H/c1-3-10(4-2)9-7-5-6-8-9;;/h5-7,10H,3-4,8H2,1-2H3;;/q;+1;-1. The Balaban J connectivity index is 0. The van der Waals surface area contributed by atoms with Crippen LogP contribution in [0.5, 0.6) is 0 Å². The Morgan fingerprint density at radius 2 is 2.09 bits per heavy atom. The topological polar surface area (TPSA) is 0 Å². The molecule has 1 aliphatic rings. The van der Waals surface area contributed by atoms with Gasteiger partial charge in [-0.25, -0.2) is 0 Å². The maximum atomic E-state index is 2.34. The van der Waals surface area contributed by atoms with E-state index >= 15 is 0 Å². The smallest absolute Gasteiger partial charge is 1.00 e. The van der Waals surface area contributed by atoms with Gasteiger partial charge in [-0.05, 0) is 6.42 Å². The molecule has 58 valence electrons. The van der Waals surface area contributed by atoms with Crippen LogP contribution >= 0.6 is 0 Å². The minimum atomic E-state index is -0.446. The molecule has 0 aromatic heterocycles. The normalized spacial score (nSPS) is 15.0. The minimum Gasteiger partial charge on any atom is -1.00 e. The zero-order chi connectivity index (χ0) is 7.40. The second-order valence-electron chi connectivity index (χ2n) is 2.89. The summed E-state index contributed by atoms with van der Waals surface area (Å²) >= 11 is 0. The summed E-state index contributed by atoms with van der Waals surface area (Å²) in [5, 5.41) is 1.77. The summed E-state index contributed by atoms with van der Waals surface area (Å²) in [5.41, 5.74) is 0. The molecule has 0 amide bonds. The molecule has 2 heteroatoms. The zero-order valence-electron chi connectivity index (χ0n) is 8.93. The molecule has 0 aromatic carbocycles. The molecule has 0 N–H and O–H groups in total. The predicted octanol–water partition coefficient (Wildman–Crippen LogP) is -0.205. The van der Waals surface area contributed by atoms with E-state index in [2.05, 4.69) is 32.1 Å². The van der Waals surface area contributed by atoms with Gasteiger partial charge in [0.15, 0.2) is 0 Å². The van der Waals surface area contributed by atoms with Crippen molar-refractivity contribution in [1.82, 2.24) is 0 Å². The third-order valence-electron chi connectivity index (χ3n) is 2.31. The molecule has 0 nitrogen and oxygen atoms in total. The molecule has 0 unspecified atom stereocenters. The van der Waals surface area contributed by atoms with Gasteiger partial charge in [-0.3, -0.25) is 0 Å². The van der Waals surface area contributed by atoms with E-state index < -0.39 is 8.80 Å². The van der Waals surface area contributed by atoms with Crippen LogP contribution in [0.4, 0.5) is 0 Å². The Hall–Kier alpha value is 0.294. The molecule has 0 fully saturated rings. The largest absolute Gasteiger partial charge is 1.00 e. The second kappa shape index (κ2) is 5.88. The second-order valence-corrected chi connectivity index (χ2v) is 6.66. The summed E-state index contributed by atoms with van der Waals surface area (Å²) in [6.45, 7) is 4.67. The molecule has 0 aromatic rings. The van der Waals surface area contributed by atoms with E-state index in [-0.39, 0.29) is 20.3 Å². The molecule has 0 saturated carbocycles. The maximum absolute atomic E-state index is 2.34. The van der Waals surface area contributed by atoms with Crippen molar-refractivity contribution < 1.29 is 20.3 Å². The first-order valence-electron chi connectivity index (χ1n) is 4.24. The Kier molecular flexibility index (Phi) is 6.04. The van der Waals surface area contributed by atoms with E-state index in [0.717, 1.165) is 0 Å². The van der Waals surface area contributed by atoms with E-state index in [0.29, 0.717) is 0 Å². The van der Waals surface area contributed by atoms with Gasteiger partial charge in [-0.15, -0.1) is 0 Å². The van der Waals surface area contributed by atoms with Crippen molar-refractivity contribution in [3.8, 4) is 0 Å². The monoisotopic (exact) mass is 160 g/mol. The van der Waals surface area contributed by atoms with Gasteiger partial charge < -0.3 is 1.43 Å². The number of rotatable bonds is 3. The fourth-order valence-corrected chi connectivity index (χ4v) is 4.06. The molecule has 0 aliphatic heterocycles. The van der Waals surface area contributed by atoms with E-state index in [9.17, 15) is 0 Å². The number of hydrogen-bond acceptors (Lipinski definition) is 0. The summed E-state index contributed by atoms with van der Waals surface area (Å²) < 4.78 is 0. The summed E-state index contributed by atoms with van der Waals surface area (Å²) in [5.74, 6) is 0. The molecule has 0 heterocycles. The summed E-state index contributed by atoms with van der Waals surface area (Å²) in [7, 11) is -0.446. The van der Waals surface area contributed by atoms with Crippen LogP contribution in [-0.2, 0) is 0 Å².